The lowest BCUT2D eigenvalue weighted by Crippen LogP contribution is -1.95. The van der Waals surface area contributed by atoms with E-state index >= 15 is 0 Å². The van der Waals surface area contributed by atoms with Gasteiger partial charge in [0.2, 0.25) is 0 Å². The van der Waals surface area contributed by atoms with Gasteiger partial charge in [-0.15, -0.1) is 0 Å². The van der Waals surface area contributed by atoms with Gasteiger partial charge in [0.15, 0.2) is 0 Å². The minimum Gasteiger partial charge on any atom is -0.494 e. The predicted molar refractivity (Wildman–Crippen MR) is 59.6 cm³/mol. The number of benzene rings is 1. The Balaban J connectivity index is 2.53. The van der Waals surface area contributed by atoms with E-state index in [0.717, 1.165) is 29.7 Å². The lowest BCUT2D eigenvalue weighted by molar-refractivity contribution is 0.309. The van der Waals surface area contributed by atoms with Gasteiger partial charge in [-0.1, -0.05) is 24.9 Å². The third-order valence-electron chi connectivity index (χ3n) is 1.66. The van der Waals surface area contributed by atoms with Crippen LogP contribution in [0.5, 0.6) is 5.75 Å². The van der Waals surface area contributed by atoms with Crippen LogP contribution in [-0.2, 0) is 0 Å². The maximum absolute atomic E-state index is 5.90. The van der Waals surface area contributed by atoms with E-state index in [1.807, 2.05) is 18.2 Å². The summed E-state index contributed by atoms with van der Waals surface area (Å²) >= 11 is 9.22. The molecule has 0 atom stereocenters. The van der Waals surface area contributed by atoms with Crippen LogP contribution in [-0.4, -0.2) is 6.61 Å². The van der Waals surface area contributed by atoms with Crippen LogP contribution in [0.4, 0.5) is 0 Å². The number of ether oxygens (including phenoxy) is 1. The van der Waals surface area contributed by atoms with Crippen molar-refractivity contribution in [3.63, 3.8) is 0 Å². The fourth-order valence-electron chi connectivity index (χ4n) is 0.901. The second-order valence-corrected chi connectivity index (χ2v) is 4.04. The molecule has 3 heteroatoms. The monoisotopic (exact) mass is 262 g/mol. The summed E-state index contributed by atoms with van der Waals surface area (Å²) in [5.74, 6) is 0.835. The molecule has 0 radical (unpaired) electrons. The number of halogens is 2. The van der Waals surface area contributed by atoms with E-state index in [2.05, 4.69) is 22.9 Å². The Morgan fingerprint density at radius 3 is 2.85 bits per heavy atom. The molecule has 0 unspecified atom stereocenters. The largest absolute Gasteiger partial charge is 0.494 e. The van der Waals surface area contributed by atoms with Crippen LogP contribution in [0.15, 0.2) is 22.7 Å². The Labute approximate surface area is 92.2 Å². The Kier molecular flexibility index (Phi) is 4.60. The first-order valence-electron chi connectivity index (χ1n) is 4.32. The first kappa shape index (κ1) is 10.9. The standard InChI is InChI=1S/C10H12BrClO/c1-2-3-6-13-8-4-5-9(11)10(12)7-8/h4-5,7H,2-3,6H2,1H3. The second kappa shape index (κ2) is 5.51. The molecule has 0 saturated heterocycles. The molecule has 0 spiro atoms. The quantitative estimate of drug-likeness (QED) is 0.737. The molecule has 0 amide bonds. The molecule has 1 aromatic rings. The molecule has 0 aliphatic carbocycles. The first-order chi connectivity index (χ1) is 6.24. The minimum atomic E-state index is 0.689. The highest BCUT2D eigenvalue weighted by atomic mass is 79.9. The summed E-state index contributed by atoms with van der Waals surface area (Å²) in [6.07, 6.45) is 2.22. The van der Waals surface area contributed by atoms with Crippen molar-refractivity contribution in [1.29, 1.82) is 0 Å². The Morgan fingerprint density at radius 1 is 1.46 bits per heavy atom. The normalized spacial score (nSPS) is 10.1. The zero-order valence-corrected chi connectivity index (χ0v) is 9.86. The van der Waals surface area contributed by atoms with Crippen LogP contribution in [0.3, 0.4) is 0 Å². The lowest BCUT2D eigenvalue weighted by atomic mass is 10.3. The SMILES string of the molecule is CCCCOc1ccc(Br)c(Cl)c1. The highest BCUT2D eigenvalue weighted by Crippen LogP contribution is 2.26. The third kappa shape index (κ3) is 3.57. The maximum atomic E-state index is 5.90. The van der Waals surface area contributed by atoms with Gasteiger partial charge in [-0.3, -0.25) is 0 Å². The first-order valence-corrected chi connectivity index (χ1v) is 5.49. The van der Waals surface area contributed by atoms with Gasteiger partial charge in [0, 0.05) is 4.47 Å². The van der Waals surface area contributed by atoms with E-state index in [1.165, 1.54) is 0 Å². The summed E-state index contributed by atoms with van der Waals surface area (Å²) < 4.78 is 6.38. The van der Waals surface area contributed by atoms with Crippen molar-refractivity contribution >= 4 is 27.5 Å². The summed E-state index contributed by atoms with van der Waals surface area (Å²) in [5.41, 5.74) is 0. The molecule has 0 bridgehead atoms. The average Bonchev–Trinajstić information content (AvgIpc) is 2.12. The van der Waals surface area contributed by atoms with Crippen LogP contribution in [0, 0.1) is 0 Å². The molecule has 0 aliphatic rings. The highest BCUT2D eigenvalue weighted by Gasteiger charge is 1.98. The maximum Gasteiger partial charge on any atom is 0.120 e. The van der Waals surface area contributed by atoms with Crippen molar-refractivity contribution in [2.24, 2.45) is 0 Å². The van der Waals surface area contributed by atoms with Gasteiger partial charge in [-0.05, 0) is 40.5 Å². The topological polar surface area (TPSA) is 9.23 Å². The zero-order valence-electron chi connectivity index (χ0n) is 7.52. The van der Waals surface area contributed by atoms with Crippen molar-refractivity contribution < 1.29 is 4.74 Å². The van der Waals surface area contributed by atoms with Gasteiger partial charge in [-0.2, -0.15) is 0 Å². The van der Waals surface area contributed by atoms with E-state index in [9.17, 15) is 0 Å². The summed E-state index contributed by atoms with van der Waals surface area (Å²) in [6.45, 7) is 2.90. The fourth-order valence-corrected chi connectivity index (χ4v) is 1.32. The van der Waals surface area contributed by atoms with Crippen LogP contribution >= 0.6 is 27.5 Å². The van der Waals surface area contributed by atoms with Crippen molar-refractivity contribution in [1.82, 2.24) is 0 Å². The molecule has 1 rings (SSSR count). The van der Waals surface area contributed by atoms with Crippen LogP contribution < -0.4 is 4.74 Å². The average molecular weight is 264 g/mol. The van der Waals surface area contributed by atoms with Crippen molar-refractivity contribution in [2.45, 2.75) is 19.8 Å². The molecule has 0 aliphatic heterocycles. The summed E-state index contributed by atoms with van der Waals surface area (Å²) in [6, 6.07) is 5.62. The van der Waals surface area contributed by atoms with E-state index in [4.69, 9.17) is 16.3 Å². The lowest BCUT2D eigenvalue weighted by Gasteiger charge is -2.05. The molecule has 0 heterocycles. The molecule has 72 valence electrons. The van der Waals surface area contributed by atoms with E-state index in [1.54, 1.807) is 0 Å². The van der Waals surface area contributed by atoms with E-state index < -0.39 is 0 Å². The highest BCUT2D eigenvalue weighted by molar-refractivity contribution is 9.10. The number of hydrogen-bond acceptors (Lipinski definition) is 1. The van der Waals surface area contributed by atoms with Crippen LogP contribution in [0.2, 0.25) is 5.02 Å². The number of unbranched alkanes of at least 4 members (excludes halogenated alkanes) is 1. The Bertz CT molecular complexity index is 276. The van der Waals surface area contributed by atoms with Crippen molar-refractivity contribution in [3.05, 3.63) is 27.7 Å². The summed E-state index contributed by atoms with van der Waals surface area (Å²) in [5, 5.41) is 0.689. The molecular formula is C10H12BrClO. The van der Waals surface area contributed by atoms with Gasteiger partial charge in [-0.25, -0.2) is 0 Å². The molecule has 0 aromatic heterocycles. The van der Waals surface area contributed by atoms with Crippen molar-refractivity contribution in [2.75, 3.05) is 6.61 Å². The van der Waals surface area contributed by atoms with E-state index in [0.29, 0.717) is 5.02 Å². The molecule has 0 fully saturated rings. The summed E-state index contributed by atoms with van der Waals surface area (Å²) in [7, 11) is 0. The third-order valence-corrected chi connectivity index (χ3v) is 2.89. The minimum absolute atomic E-state index is 0.689. The molecular weight excluding hydrogens is 251 g/mol. The zero-order chi connectivity index (χ0) is 9.68. The van der Waals surface area contributed by atoms with Crippen LogP contribution in [0.25, 0.3) is 0 Å². The molecule has 1 nitrogen and oxygen atoms in total. The summed E-state index contributed by atoms with van der Waals surface area (Å²) in [4.78, 5) is 0. The van der Waals surface area contributed by atoms with E-state index in [-0.39, 0.29) is 0 Å². The van der Waals surface area contributed by atoms with Crippen molar-refractivity contribution in [3.8, 4) is 5.75 Å². The number of rotatable bonds is 4. The van der Waals surface area contributed by atoms with Gasteiger partial charge >= 0.3 is 0 Å². The Morgan fingerprint density at radius 2 is 2.23 bits per heavy atom. The Hall–Kier alpha value is -0.210. The van der Waals surface area contributed by atoms with Gasteiger partial charge in [0.05, 0.1) is 11.6 Å². The van der Waals surface area contributed by atoms with Gasteiger partial charge in [0.25, 0.3) is 0 Å². The molecule has 13 heavy (non-hydrogen) atoms. The number of hydrogen-bond donors (Lipinski definition) is 0. The van der Waals surface area contributed by atoms with Gasteiger partial charge < -0.3 is 4.74 Å². The smallest absolute Gasteiger partial charge is 0.120 e. The molecule has 1 aromatic carbocycles. The predicted octanol–water partition coefficient (Wildman–Crippen LogP) is 4.28. The van der Waals surface area contributed by atoms with Gasteiger partial charge in [0.1, 0.15) is 5.75 Å². The second-order valence-electron chi connectivity index (χ2n) is 2.78. The molecule has 0 N–H and O–H groups in total. The fraction of sp³-hybridized carbons (Fsp3) is 0.400. The molecule has 0 saturated carbocycles. The van der Waals surface area contributed by atoms with Crippen LogP contribution in [0.1, 0.15) is 19.8 Å².